The Hall–Kier alpha value is -0.570. The molecule has 0 saturated heterocycles. The number of rotatable bonds is 6. The van der Waals surface area contributed by atoms with Gasteiger partial charge in [-0.3, -0.25) is 0 Å². The fourth-order valence-electron chi connectivity index (χ4n) is 1.21. The number of aliphatic carboxylic acids is 1. The molecular formula is C11H18NNaO4. The van der Waals surface area contributed by atoms with E-state index in [4.69, 9.17) is 10.4 Å². The fourth-order valence-corrected chi connectivity index (χ4v) is 1.21. The van der Waals surface area contributed by atoms with Crippen LogP contribution in [0.4, 0.5) is 0 Å². The Bertz CT molecular complexity index is 311. The van der Waals surface area contributed by atoms with Gasteiger partial charge in [0.15, 0.2) is 0 Å². The average molecular weight is 251 g/mol. The molecule has 5 nitrogen and oxygen atoms in total. The number of carboxylic acids is 1. The Balaban J connectivity index is 0. The van der Waals surface area contributed by atoms with Crippen molar-refractivity contribution in [3.8, 4) is 6.07 Å². The maximum absolute atomic E-state index is 11.5. The van der Waals surface area contributed by atoms with Crippen LogP contribution in [-0.2, 0) is 14.3 Å². The van der Waals surface area contributed by atoms with Crippen molar-refractivity contribution in [2.45, 2.75) is 33.6 Å². The van der Waals surface area contributed by atoms with Crippen molar-refractivity contribution in [2.24, 2.45) is 11.3 Å². The van der Waals surface area contributed by atoms with Gasteiger partial charge in [-0.2, -0.15) is 5.26 Å². The number of nitriles is 1. The predicted molar refractivity (Wildman–Crippen MR) is 63.5 cm³/mol. The second kappa shape index (κ2) is 8.51. The zero-order valence-electron chi connectivity index (χ0n) is 9.82. The molecule has 1 atom stereocenters. The van der Waals surface area contributed by atoms with Crippen molar-refractivity contribution in [1.29, 1.82) is 5.26 Å². The molecule has 0 bridgehead atoms. The zero-order chi connectivity index (χ0) is 12.8. The molecule has 0 amide bonds. The molecule has 0 saturated carbocycles. The molecule has 0 aromatic heterocycles. The van der Waals surface area contributed by atoms with Gasteiger partial charge in [0, 0.05) is 0 Å². The minimum absolute atomic E-state index is 0. The second-order valence-corrected chi connectivity index (χ2v) is 3.98. The van der Waals surface area contributed by atoms with Crippen LogP contribution in [0.15, 0.2) is 0 Å². The van der Waals surface area contributed by atoms with E-state index in [-0.39, 0.29) is 48.5 Å². The average Bonchev–Trinajstić information content (AvgIpc) is 2.18. The molecule has 0 rings (SSSR count). The molecule has 0 fully saturated rings. The van der Waals surface area contributed by atoms with Crippen LogP contribution in [0.25, 0.3) is 0 Å². The van der Waals surface area contributed by atoms with Crippen molar-refractivity contribution in [3.63, 3.8) is 0 Å². The van der Waals surface area contributed by atoms with Gasteiger partial charge in [0.05, 0.1) is 12.7 Å². The Morgan fingerprint density at radius 2 is 2.00 bits per heavy atom. The number of ether oxygens (including phenoxy) is 1. The molecule has 92 valence electrons. The number of hydrogen-bond acceptors (Lipinski definition) is 4. The number of esters is 1. The minimum atomic E-state index is -2.06. The molecule has 6 heteroatoms. The van der Waals surface area contributed by atoms with Crippen LogP contribution in [0.1, 0.15) is 33.6 Å². The summed E-state index contributed by atoms with van der Waals surface area (Å²) < 4.78 is 4.65. The van der Waals surface area contributed by atoms with Crippen LogP contribution in [0.2, 0.25) is 0 Å². The first-order valence-corrected chi connectivity index (χ1v) is 5.22. The SMILES string of the molecule is CCOC(=O)C(C#N)(CCC(C)C)C(=O)O.[NaH]. The quantitative estimate of drug-likeness (QED) is 0.431. The zero-order valence-corrected chi connectivity index (χ0v) is 9.82. The van der Waals surface area contributed by atoms with Gasteiger partial charge in [-0.25, -0.2) is 9.59 Å². The summed E-state index contributed by atoms with van der Waals surface area (Å²) in [7, 11) is 0. The Morgan fingerprint density at radius 3 is 2.29 bits per heavy atom. The van der Waals surface area contributed by atoms with E-state index in [1.165, 1.54) is 0 Å². The van der Waals surface area contributed by atoms with Crippen molar-refractivity contribution < 1.29 is 19.4 Å². The fraction of sp³-hybridized carbons (Fsp3) is 0.727. The summed E-state index contributed by atoms with van der Waals surface area (Å²) in [5.74, 6) is -2.18. The molecule has 0 spiro atoms. The Labute approximate surface area is 123 Å². The molecule has 0 aromatic carbocycles. The summed E-state index contributed by atoms with van der Waals surface area (Å²) in [6, 6.07) is 1.58. The first-order valence-electron chi connectivity index (χ1n) is 5.22. The van der Waals surface area contributed by atoms with Gasteiger partial charge in [0.1, 0.15) is 0 Å². The van der Waals surface area contributed by atoms with Crippen LogP contribution >= 0.6 is 0 Å². The van der Waals surface area contributed by atoms with Gasteiger partial charge >= 0.3 is 41.5 Å². The molecule has 0 aromatic rings. The summed E-state index contributed by atoms with van der Waals surface area (Å²) in [4.78, 5) is 22.6. The third-order valence-corrected chi connectivity index (χ3v) is 2.28. The predicted octanol–water partition coefficient (Wildman–Crippen LogP) is 0.932. The normalized spacial score (nSPS) is 13.1. The van der Waals surface area contributed by atoms with E-state index in [9.17, 15) is 9.59 Å². The van der Waals surface area contributed by atoms with Crippen molar-refractivity contribution in [1.82, 2.24) is 0 Å². The van der Waals surface area contributed by atoms with Gasteiger partial charge < -0.3 is 9.84 Å². The molecule has 0 aliphatic rings. The molecular weight excluding hydrogens is 233 g/mol. The van der Waals surface area contributed by atoms with E-state index in [0.29, 0.717) is 6.42 Å². The number of nitrogens with zero attached hydrogens (tertiary/aromatic N) is 1. The maximum atomic E-state index is 11.5. The van der Waals surface area contributed by atoms with Crippen LogP contribution < -0.4 is 0 Å². The Morgan fingerprint density at radius 1 is 1.47 bits per heavy atom. The van der Waals surface area contributed by atoms with E-state index in [2.05, 4.69) is 4.74 Å². The third kappa shape index (κ3) is 5.07. The van der Waals surface area contributed by atoms with E-state index >= 15 is 0 Å². The van der Waals surface area contributed by atoms with Crippen molar-refractivity contribution in [2.75, 3.05) is 6.61 Å². The van der Waals surface area contributed by atoms with E-state index in [1.54, 1.807) is 13.0 Å². The van der Waals surface area contributed by atoms with Gasteiger partial charge in [0.2, 0.25) is 5.41 Å². The van der Waals surface area contributed by atoms with Crippen molar-refractivity contribution in [3.05, 3.63) is 0 Å². The van der Waals surface area contributed by atoms with Gasteiger partial charge in [-0.1, -0.05) is 13.8 Å². The van der Waals surface area contributed by atoms with E-state index in [0.717, 1.165) is 0 Å². The standard InChI is InChI=1S/C11H17NO4.Na.H/c1-4-16-10(15)11(7-12,9(13)14)6-5-8(2)3;;/h8H,4-6H2,1-3H3,(H,13,14);;. The molecule has 17 heavy (non-hydrogen) atoms. The molecule has 0 heterocycles. The van der Waals surface area contributed by atoms with Crippen molar-refractivity contribution >= 4 is 41.5 Å². The van der Waals surface area contributed by atoms with E-state index < -0.39 is 17.4 Å². The number of carbonyl (C=O) groups excluding carboxylic acids is 1. The Kier molecular flexibility index (Phi) is 9.40. The van der Waals surface area contributed by atoms with Gasteiger partial charge in [0.25, 0.3) is 0 Å². The topological polar surface area (TPSA) is 87.4 Å². The van der Waals surface area contributed by atoms with Gasteiger partial charge in [-0.05, 0) is 25.7 Å². The summed E-state index contributed by atoms with van der Waals surface area (Å²) >= 11 is 0. The summed E-state index contributed by atoms with van der Waals surface area (Å²) in [6.45, 7) is 5.44. The van der Waals surface area contributed by atoms with Gasteiger partial charge in [-0.15, -0.1) is 0 Å². The summed E-state index contributed by atoms with van der Waals surface area (Å²) in [5, 5.41) is 17.9. The summed E-state index contributed by atoms with van der Waals surface area (Å²) in [5.41, 5.74) is -2.06. The third-order valence-electron chi connectivity index (χ3n) is 2.28. The number of carbonyl (C=O) groups is 2. The molecule has 0 aliphatic carbocycles. The number of carboxylic acid groups (broad SMARTS) is 1. The second-order valence-electron chi connectivity index (χ2n) is 3.98. The number of hydrogen-bond donors (Lipinski definition) is 1. The molecule has 1 N–H and O–H groups in total. The van der Waals surface area contributed by atoms with E-state index in [1.807, 2.05) is 13.8 Å². The molecule has 1 unspecified atom stereocenters. The van der Waals surface area contributed by atoms with Crippen LogP contribution in [0, 0.1) is 22.7 Å². The first-order chi connectivity index (χ1) is 7.40. The summed E-state index contributed by atoms with van der Waals surface area (Å²) in [6.07, 6.45) is 0.466. The monoisotopic (exact) mass is 251 g/mol. The molecule has 0 aliphatic heterocycles. The first kappa shape index (κ1) is 18.8. The van der Waals surface area contributed by atoms with Crippen LogP contribution in [-0.4, -0.2) is 53.2 Å². The van der Waals surface area contributed by atoms with Crippen LogP contribution in [0.3, 0.4) is 0 Å². The van der Waals surface area contributed by atoms with Crippen LogP contribution in [0.5, 0.6) is 0 Å². The molecule has 0 radical (unpaired) electrons.